The van der Waals surface area contributed by atoms with Gasteiger partial charge in [0.25, 0.3) is 0 Å². The first-order chi connectivity index (χ1) is 22.6. The maximum absolute atomic E-state index is 12.1. The van der Waals surface area contributed by atoms with Crippen molar-refractivity contribution in [3.63, 3.8) is 0 Å². The predicted octanol–water partition coefficient (Wildman–Crippen LogP) is 2.68. The van der Waals surface area contributed by atoms with Crippen molar-refractivity contribution in [3.8, 4) is 0 Å². The maximum atomic E-state index is 12.1. The quantitative estimate of drug-likeness (QED) is 0.323. The molecule has 0 amide bonds. The van der Waals surface area contributed by atoms with E-state index in [0.29, 0.717) is 5.78 Å². The van der Waals surface area contributed by atoms with Crippen molar-refractivity contribution in [2.45, 2.75) is 19.8 Å². The highest BCUT2D eigenvalue weighted by atomic mass is 16.1. The molecule has 0 spiro atoms. The Labute approximate surface area is 276 Å². The molecule has 10 heteroatoms. The van der Waals surface area contributed by atoms with Gasteiger partial charge in [0.2, 0.25) is 5.95 Å². The van der Waals surface area contributed by atoms with Crippen LogP contribution in [0.15, 0.2) is 73.1 Å². The van der Waals surface area contributed by atoms with Crippen LogP contribution >= 0.6 is 0 Å². The molecule has 1 aromatic heterocycles. The van der Waals surface area contributed by atoms with E-state index < -0.39 is 0 Å². The van der Waals surface area contributed by atoms with E-state index in [1.165, 1.54) is 24.3 Å². The van der Waals surface area contributed by atoms with Crippen LogP contribution in [-0.2, 0) is 0 Å². The van der Waals surface area contributed by atoms with E-state index in [4.69, 9.17) is 0 Å². The van der Waals surface area contributed by atoms with Crippen molar-refractivity contribution in [3.05, 3.63) is 84.2 Å². The Morgan fingerprint density at radius 1 is 0.630 bits per heavy atom. The van der Waals surface area contributed by atoms with Crippen LogP contribution in [0.4, 0.5) is 11.6 Å². The highest BCUT2D eigenvalue weighted by Crippen LogP contribution is 2.18. The van der Waals surface area contributed by atoms with E-state index >= 15 is 0 Å². The monoisotopic (exact) mass is 629 g/mol. The van der Waals surface area contributed by atoms with Crippen LogP contribution in [0.1, 0.15) is 28.8 Å². The number of nitrogens with zero attached hydrogens (tertiary/aromatic N) is 5. The number of Topliss-reactive ketones (excluding diaryl/α,β-unsaturated/α-hetero) is 1. The minimum atomic E-state index is 0.231. The van der Waals surface area contributed by atoms with E-state index in [0.717, 1.165) is 103 Å². The molecular formula is C36H55N9O. The van der Waals surface area contributed by atoms with Crippen LogP contribution in [0.2, 0.25) is 0 Å². The summed E-state index contributed by atoms with van der Waals surface area (Å²) in [5, 5.41) is 13.2. The first-order valence-electron chi connectivity index (χ1n) is 17.0. The predicted molar refractivity (Wildman–Crippen MR) is 190 cm³/mol. The number of para-hydroxylation sites is 1. The number of anilines is 2. The molecule has 4 fully saturated rings. The van der Waals surface area contributed by atoms with Gasteiger partial charge in [-0.1, -0.05) is 48.0 Å². The van der Waals surface area contributed by atoms with Gasteiger partial charge in [0.1, 0.15) is 0 Å². The number of aromatic nitrogens is 2. The van der Waals surface area contributed by atoms with Gasteiger partial charge < -0.3 is 36.0 Å². The van der Waals surface area contributed by atoms with Crippen LogP contribution in [0.5, 0.6) is 0 Å². The van der Waals surface area contributed by atoms with Crippen molar-refractivity contribution in [2.75, 3.05) is 108 Å². The average molecular weight is 630 g/mol. The molecule has 2 aromatic carbocycles. The minimum absolute atomic E-state index is 0.231. The molecule has 0 bridgehead atoms. The highest BCUT2D eigenvalue weighted by Gasteiger charge is 2.21. The maximum Gasteiger partial charge on any atom is 0.225 e. The molecule has 0 saturated carbocycles. The molecule has 0 atom stereocenters. The molecule has 250 valence electrons. The fourth-order valence-corrected chi connectivity index (χ4v) is 5.70. The second-order valence-corrected chi connectivity index (χ2v) is 12.2. The number of aryl methyl sites for hydroxylation is 1. The van der Waals surface area contributed by atoms with Gasteiger partial charge in [0, 0.05) is 108 Å². The molecule has 0 unspecified atom stereocenters. The summed E-state index contributed by atoms with van der Waals surface area (Å²) in [4.78, 5) is 27.4. The Hall–Kier alpha value is -3.41. The SMILES string of the molecule is CN1CCNCC1.Cc1ccc(C(=O)C2CCNCC2)cc1.c1ccc(N2CCNCC2)cc1.c1cnc(N2CCNCC2)nc1. The van der Waals surface area contributed by atoms with Gasteiger partial charge in [-0.05, 0) is 58.1 Å². The molecule has 10 nitrogen and oxygen atoms in total. The molecule has 0 radical (unpaired) electrons. The third-order valence-electron chi connectivity index (χ3n) is 8.58. The number of likely N-dealkylation sites (N-methyl/N-ethyl adjacent to an activating group) is 1. The summed E-state index contributed by atoms with van der Waals surface area (Å²) in [6, 6.07) is 20.3. The summed E-state index contributed by atoms with van der Waals surface area (Å²) >= 11 is 0. The molecular weight excluding hydrogens is 574 g/mol. The van der Waals surface area contributed by atoms with E-state index in [-0.39, 0.29) is 5.92 Å². The van der Waals surface area contributed by atoms with Gasteiger partial charge in [-0.25, -0.2) is 9.97 Å². The molecule has 46 heavy (non-hydrogen) atoms. The van der Waals surface area contributed by atoms with Crippen LogP contribution < -0.4 is 31.1 Å². The van der Waals surface area contributed by atoms with Crippen molar-refractivity contribution in [1.29, 1.82) is 0 Å². The third kappa shape index (κ3) is 12.8. The molecule has 3 aromatic rings. The number of hydrogen-bond donors (Lipinski definition) is 4. The molecule has 4 aliphatic rings. The van der Waals surface area contributed by atoms with Crippen molar-refractivity contribution < 1.29 is 4.79 Å². The lowest BCUT2D eigenvalue weighted by Gasteiger charge is -2.29. The van der Waals surface area contributed by atoms with Crippen molar-refractivity contribution >= 4 is 17.4 Å². The minimum Gasteiger partial charge on any atom is -0.369 e. The van der Waals surface area contributed by atoms with Crippen LogP contribution in [-0.4, -0.2) is 119 Å². The summed E-state index contributed by atoms with van der Waals surface area (Å²) < 4.78 is 0. The lowest BCUT2D eigenvalue weighted by Crippen LogP contribution is -2.44. The Morgan fingerprint density at radius 2 is 1.13 bits per heavy atom. The number of hydrogen-bond acceptors (Lipinski definition) is 10. The highest BCUT2D eigenvalue weighted by molar-refractivity contribution is 5.97. The Kier molecular flexibility index (Phi) is 15.9. The van der Waals surface area contributed by atoms with Crippen LogP contribution in [0.3, 0.4) is 0 Å². The van der Waals surface area contributed by atoms with Gasteiger partial charge in [-0.2, -0.15) is 0 Å². The van der Waals surface area contributed by atoms with E-state index in [9.17, 15) is 4.79 Å². The lowest BCUT2D eigenvalue weighted by molar-refractivity contribution is 0.0895. The van der Waals surface area contributed by atoms with Crippen LogP contribution in [0.25, 0.3) is 0 Å². The first-order valence-corrected chi connectivity index (χ1v) is 17.0. The smallest absolute Gasteiger partial charge is 0.225 e. The fourth-order valence-electron chi connectivity index (χ4n) is 5.70. The lowest BCUT2D eigenvalue weighted by atomic mass is 9.89. The fraction of sp³-hybridized carbons (Fsp3) is 0.528. The molecule has 4 aliphatic heterocycles. The summed E-state index contributed by atoms with van der Waals surface area (Å²) in [5.41, 5.74) is 3.42. The van der Waals surface area contributed by atoms with Crippen LogP contribution in [0, 0.1) is 12.8 Å². The normalized spacial score (nSPS) is 18.9. The average Bonchev–Trinajstić information content (AvgIpc) is 3.15. The Balaban J connectivity index is 0.000000143. The van der Waals surface area contributed by atoms with Gasteiger partial charge >= 0.3 is 0 Å². The first kappa shape index (κ1) is 35.4. The second-order valence-electron chi connectivity index (χ2n) is 12.2. The molecule has 4 saturated heterocycles. The van der Waals surface area contributed by atoms with E-state index in [1.54, 1.807) is 12.4 Å². The number of carbonyl (C=O) groups excluding carboxylic acids is 1. The number of benzene rings is 2. The Bertz CT molecular complexity index is 1150. The van der Waals surface area contributed by atoms with E-state index in [2.05, 4.69) is 83.3 Å². The summed E-state index contributed by atoms with van der Waals surface area (Å²) in [6.07, 6.45) is 5.52. The summed E-state index contributed by atoms with van der Waals surface area (Å²) in [7, 11) is 2.15. The number of rotatable bonds is 4. The van der Waals surface area contributed by atoms with Gasteiger partial charge in [0.15, 0.2) is 5.78 Å². The number of piperidine rings is 1. The van der Waals surface area contributed by atoms with Crippen molar-refractivity contribution in [1.82, 2.24) is 36.1 Å². The standard InChI is InChI=1S/C13H17NO.C10H14N2.C8H12N4.C5H12N2/c1-10-2-4-11(5-3-10)13(15)12-6-8-14-9-7-12;1-2-4-10(5-3-1)12-8-6-11-7-9-12;1-2-10-8(11-3-1)12-6-4-9-5-7-12;1-7-4-2-6-3-5-7/h2-5,12,14H,6-9H2,1H3;1-5,11H,6-9H2;1-3,9H,4-7H2;6H,2-5H2,1H3. The third-order valence-corrected chi connectivity index (χ3v) is 8.58. The van der Waals surface area contributed by atoms with Gasteiger partial charge in [-0.3, -0.25) is 4.79 Å². The molecule has 0 aliphatic carbocycles. The van der Waals surface area contributed by atoms with Gasteiger partial charge in [0.05, 0.1) is 0 Å². The van der Waals surface area contributed by atoms with Gasteiger partial charge in [-0.15, -0.1) is 0 Å². The molecule has 7 rings (SSSR count). The summed E-state index contributed by atoms with van der Waals surface area (Å²) in [6.45, 7) is 17.3. The van der Waals surface area contributed by atoms with Crippen molar-refractivity contribution in [2.24, 2.45) is 5.92 Å². The largest absolute Gasteiger partial charge is 0.369 e. The number of nitrogens with one attached hydrogen (secondary N) is 4. The second kappa shape index (κ2) is 20.7. The summed E-state index contributed by atoms with van der Waals surface area (Å²) in [5.74, 6) is 1.39. The number of carbonyl (C=O) groups is 1. The zero-order valence-electron chi connectivity index (χ0n) is 28.0. The number of piperazine rings is 3. The topological polar surface area (TPSA) is 101 Å². The zero-order valence-corrected chi connectivity index (χ0v) is 28.0. The zero-order chi connectivity index (χ0) is 32.2. The van der Waals surface area contributed by atoms with E-state index in [1.807, 2.05) is 37.3 Å². The Morgan fingerprint density at radius 3 is 1.65 bits per heavy atom. The molecule has 5 heterocycles. The number of ketones is 1. The molecule has 4 N–H and O–H groups in total.